The Labute approximate surface area is 187 Å². The van der Waals surface area contributed by atoms with Crippen molar-refractivity contribution < 1.29 is 4.79 Å². The number of benzene rings is 2. The lowest BCUT2D eigenvalue weighted by molar-refractivity contribution is -0.121. The smallest absolute Gasteiger partial charge is 0.254 e. The molecule has 0 radical (unpaired) electrons. The first-order valence-corrected chi connectivity index (χ1v) is 11.5. The Bertz CT molecular complexity index is 1010. The largest absolute Gasteiger partial charge is 0.344 e. The van der Waals surface area contributed by atoms with Crippen molar-refractivity contribution in [3.63, 3.8) is 0 Å². The Morgan fingerprint density at radius 3 is 2.13 bits per heavy atom. The Hall–Kier alpha value is -2.86. The number of carbonyl (C=O) groups is 1. The summed E-state index contributed by atoms with van der Waals surface area (Å²) in [5, 5.41) is 3.48. The van der Waals surface area contributed by atoms with Crippen molar-refractivity contribution in [3.05, 3.63) is 93.9 Å². The number of carbonyl (C=O) groups excluding carboxylic acids is 1. The van der Waals surface area contributed by atoms with Crippen molar-refractivity contribution in [1.82, 2.24) is 14.9 Å². The highest BCUT2D eigenvalue weighted by atomic mass is 32.2. The predicted octanol–water partition coefficient (Wildman–Crippen LogP) is 4.51. The molecule has 3 rings (SSSR count). The van der Waals surface area contributed by atoms with E-state index in [1.807, 2.05) is 67.6 Å². The van der Waals surface area contributed by atoms with E-state index in [0.717, 1.165) is 23.2 Å². The molecule has 0 bridgehead atoms. The fourth-order valence-corrected chi connectivity index (χ4v) is 4.57. The summed E-state index contributed by atoms with van der Waals surface area (Å²) in [5.74, 6) is -0.0549. The van der Waals surface area contributed by atoms with Gasteiger partial charge in [0.15, 0.2) is 5.16 Å². The monoisotopic (exact) mass is 435 g/mol. The number of aromatic nitrogens is 2. The first kappa shape index (κ1) is 22.8. The molecule has 1 heterocycles. The van der Waals surface area contributed by atoms with Crippen LogP contribution in [-0.2, 0) is 18.3 Å². The summed E-state index contributed by atoms with van der Waals surface area (Å²) in [7, 11) is 1.70. The number of amides is 1. The molecule has 6 heteroatoms. The van der Waals surface area contributed by atoms with Crippen LogP contribution in [0.5, 0.6) is 0 Å². The van der Waals surface area contributed by atoms with Gasteiger partial charge in [0.2, 0.25) is 5.91 Å². The van der Waals surface area contributed by atoms with Gasteiger partial charge in [-0.2, -0.15) is 0 Å². The molecule has 0 aliphatic carbocycles. The van der Waals surface area contributed by atoms with Crippen molar-refractivity contribution in [2.24, 2.45) is 7.05 Å². The molecular formula is C25H29N3O2S. The van der Waals surface area contributed by atoms with Gasteiger partial charge < -0.3 is 5.32 Å². The number of rotatable bonds is 9. The zero-order chi connectivity index (χ0) is 22.2. The fourth-order valence-electron chi connectivity index (χ4n) is 3.37. The van der Waals surface area contributed by atoms with Gasteiger partial charge >= 0.3 is 0 Å². The average molecular weight is 436 g/mol. The molecule has 162 valence electrons. The molecule has 1 N–H and O–H groups in total. The van der Waals surface area contributed by atoms with E-state index < -0.39 is 0 Å². The second-order valence-electron chi connectivity index (χ2n) is 7.44. The number of hydrogen-bond donors (Lipinski definition) is 1. The van der Waals surface area contributed by atoms with Gasteiger partial charge in [0.05, 0.1) is 11.3 Å². The second-order valence-corrected chi connectivity index (χ2v) is 8.61. The molecule has 5 nitrogen and oxygen atoms in total. The van der Waals surface area contributed by atoms with Crippen LogP contribution < -0.4 is 10.9 Å². The molecule has 0 saturated carbocycles. The fraction of sp³-hybridized carbons (Fsp3) is 0.320. The quantitative estimate of drug-likeness (QED) is 0.397. The summed E-state index contributed by atoms with van der Waals surface area (Å²) >= 11 is 1.36. The van der Waals surface area contributed by atoms with Crippen molar-refractivity contribution in [2.75, 3.05) is 0 Å². The van der Waals surface area contributed by atoms with Crippen LogP contribution in [-0.4, -0.2) is 20.7 Å². The van der Waals surface area contributed by atoms with E-state index in [2.05, 4.69) is 17.2 Å². The number of nitrogens with zero attached hydrogens (tertiary/aromatic N) is 2. The maximum Gasteiger partial charge on any atom is 0.254 e. The predicted molar refractivity (Wildman–Crippen MR) is 126 cm³/mol. The highest BCUT2D eigenvalue weighted by Gasteiger charge is 2.25. The zero-order valence-corrected chi connectivity index (χ0v) is 19.1. The molecule has 0 fully saturated rings. The second kappa shape index (κ2) is 11.0. The summed E-state index contributed by atoms with van der Waals surface area (Å²) in [6.07, 6.45) is 2.23. The van der Waals surface area contributed by atoms with Crippen LogP contribution in [0.1, 0.15) is 49.6 Å². The Morgan fingerprint density at radius 1 is 1.03 bits per heavy atom. The Morgan fingerprint density at radius 2 is 1.61 bits per heavy atom. The van der Waals surface area contributed by atoms with E-state index in [0.29, 0.717) is 18.0 Å². The topological polar surface area (TPSA) is 64.0 Å². The standard InChI is InChI=1S/C25H29N3O2S/c1-4-12-21(31-25-26-20(5-2)17-22(29)28(25)3)24(30)27-23(18-13-8-6-9-14-18)19-15-10-7-11-16-19/h6-11,13-17,21,23H,4-5,12H2,1-3H3,(H,27,30). The lowest BCUT2D eigenvalue weighted by atomic mass is 9.98. The molecule has 1 aromatic heterocycles. The molecule has 31 heavy (non-hydrogen) atoms. The van der Waals surface area contributed by atoms with Crippen molar-refractivity contribution in [3.8, 4) is 0 Å². The lowest BCUT2D eigenvalue weighted by Crippen LogP contribution is -2.36. The van der Waals surface area contributed by atoms with Crippen LogP contribution in [0.4, 0.5) is 0 Å². The third kappa shape index (κ3) is 5.85. The van der Waals surface area contributed by atoms with E-state index in [1.165, 1.54) is 16.3 Å². The normalized spacial score (nSPS) is 12.0. The van der Waals surface area contributed by atoms with Gasteiger partial charge in [-0.05, 0) is 24.0 Å². The van der Waals surface area contributed by atoms with E-state index in [4.69, 9.17) is 0 Å². The van der Waals surface area contributed by atoms with Crippen LogP contribution in [0.15, 0.2) is 76.7 Å². The first-order chi connectivity index (χ1) is 15.0. The summed E-state index contributed by atoms with van der Waals surface area (Å²) < 4.78 is 1.52. The van der Waals surface area contributed by atoms with Crippen molar-refractivity contribution in [1.29, 1.82) is 0 Å². The van der Waals surface area contributed by atoms with Gasteiger partial charge in [0.1, 0.15) is 0 Å². The molecule has 3 aromatic rings. The third-order valence-corrected chi connectivity index (χ3v) is 6.46. The van der Waals surface area contributed by atoms with E-state index in [1.54, 1.807) is 13.1 Å². The maximum atomic E-state index is 13.4. The van der Waals surface area contributed by atoms with Gasteiger partial charge in [-0.25, -0.2) is 4.98 Å². The molecule has 0 spiro atoms. The molecule has 1 unspecified atom stereocenters. The molecule has 0 aliphatic rings. The van der Waals surface area contributed by atoms with Crippen LogP contribution in [0.2, 0.25) is 0 Å². The molecule has 2 aromatic carbocycles. The van der Waals surface area contributed by atoms with Gasteiger partial charge in [0, 0.05) is 18.8 Å². The highest BCUT2D eigenvalue weighted by molar-refractivity contribution is 8.00. The van der Waals surface area contributed by atoms with Crippen LogP contribution in [0, 0.1) is 0 Å². The lowest BCUT2D eigenvalue weighted by Gasteiger charge is -2.23. The summed E-state index contributed by atoms with van der Waals surface area (Å²) in [6.45, 7) is 4.03. The Kier molecular flexibility index (Phi) is 8.06. The number of aryl methyl sites for hydroxylation is 1. The van der Waals surface area contributed by atoms with Crippen LogP contribution >= 0.6 is 11.8 Å². The van der Waals surface area contributed by atoms with E-state index in [-0.39, 0.29) is 22.8 Å². The zero-order valence-electron chi connectivity index (χ0n) is 18.2. The number of nitrogens with one attached hydrogen (secondary N) is 1. The van der Waals surface area contributed by atoms with Gasteiger partial charge in [-0.3, -0.25) is 14.2 Å². The Balaban J connectivity index is 1.88. The number of thioether (sulfide) groups is 1. The van der Waals surface area contributed by atoms with Gasteiger partial charge in [-0.15, -0.1) is 0 Å². The van der Waals surface area contributed by atoms with Crippen molar-refractivity contribution in [2.45, 2.75) is 49.6 Å². The average Bonchev–Trinajstić information content (AvgIpc) is 2.80. The van der Waals surface area contributed by atoms with Gasteiger partial charge in [-0.1, -0.05) is 92.7 Å². The number of hydrogen-bond acceptors (Lipinski definition) is 4. The molecule has 0 saturated heterocycles. The minimum absolute atomic E-state index is 0.0549. The molecule has 0 aliphatic heterocycles. The maximum absolute atomic E-state index is 13.4. The third-order valence-electron chi connectivity index (χ3n) is 5.15. The summed E-state index contributed by atoms with van der Waals surface area (Å²) in [5.41, 5.74) is 2.70. The molecule has 1 atom stereocenters. The van der Waals surface area contributed by atoms with Crippen molar-refractivity contribution >= 4 is 17.7 Å². The van der Waals surface area contributed by atoms with Gasteiger partial charge in [0.25, 0.3) is 5.56 Å². The minimum Gasteiger partial charge on any atom is -0.344 e. The highest BCUT2D eigenvalue weighted by Crippen LogP contribution is 2.27. The molecular weight excluding hydrogens is 406 g/mol. The van der Waals surface area contributed by atoms with E-state index in [9.17, 15) is 9.59 Å². The minimum atomic E-state index is -0.342. The van der Waals surface area contributed by atoms with Crippen LogP contribution in [0.3, 0.4) is 0 Å². The first-order valence-electron chi connectivity index (χ1n) is 10.7. The molecule has 1 amide bonds. The van der Waals surface area contributed by atoms with E-state index >= 15 is 0 Å². The SMILES string of the molecule is CCCC(Sc1nc(CC)cc(=O)n1C)C(=O)NC(c1ccccc1)c1ccccc1. The summed E-state index contributed by atoms with van der Waals surface area (Å²) in [6, 6.07) is 21.3. The summed E-state index contributed by atoms with van der Waals surface area (Å²) in [4.78, 5) is 30.3. The van der Waals surface area contributed by atoms with Crippen LogP contribution in [0.25, 0.3) is 0 Å².